The number of carbonyl (C=O) groups is 1. The highest BCUT2D eigenvalue weighted by molar-refractivity contribution is 9.10. The Labute approximate surface area is 130 Å². The topological polar surface area (TPSA) is 56.1 Å². The van der Waals surface area contributed by atoms with Crippen molar-refractivity contribution in [2.24, 2.45) is 0 Å². The van der Waals surface area contributed by atoms with Gasteiger partial charge in [-0.15, -0.1) is 0 Å². The number of halogens is 2. The third kappa shape index (κ3) is 3.59. The van der Waals surface area contributed by atoms with Crippen LogP contribution in [-0.4, -0.2) is 29.4 Å². The first-order chi connectivity index (χ1) is 9.61. The molecule has 0 aliphatic carbocycles. The van der Waals surface area contributed by atoms with Gasteiger partial charge in [-0.1, -0.05) is 17.7 Å². The maximum atomic E-state index is 12.1. The van der Waals surface area contributed by atoms with Crippen LogP contribution in [0.15, 0.2) is 35.1 Å². The number of ether oxygens (including phenoxy) is 1. The van der Waals surface area contributed by atoms with Gasteiger partial charge in [0.15, 0.2) is 0 Å². The molecule has 7 heteroatoms. The van der Waals surface area contributed by atoms with Crippen molar-refractivity contribution in [3.63, 3.8) is 0 Å². The lowest BCUT2D eigenvalue weighted by Gasteiger charge is -2.05. The second-order valence-electron chi connectivity index (χ2n) is 4.04. The molecule has 0 spiro atoms. The largest absolute Gasteiger partial charge is 0.383 e. The smallest absolute Gasteiger partial charge is 0.257 e. The Balaban J connectivity index is 2.07. The predicted octanol–water partition coefficient (Wildman–Crippen LogP) is 3.20. The van der Waals surface area contributed by atoms with Crippen molar-refractivity contribution in [3.8, 4) is 0 Å². The summed E-state index contributed by atoms with van der Waals surface area (Å²) in [5, 5.41) is 7.26. The second-order valence-corrected chi connectivity index (χ2v) is 5.27. The van der Waals surface area contributed by atoms with Gasteiger partial charge in [-0.2, -0.15) is 5.10 Å². The van der Waals surface area contributed by atoms with E-state index in [1.807, 2.05) is 0 Å². The van der Waals surface area contributed by atoms with E-state index in [1.165, 1.54) is 0 Å². The van der Waals surface area contributed by atoms with Crippen LogP contribution >= 0.6 is 27.5 Å². The first kappa shape index (κ1) is 15.0. The number of nitrogens with zero attached hydrogens (tertiary/aromatic N) is 2. The lowest BCUT2D eigenvalue weighted by atomic mass is 10.2. The first-order valence-electron chi connectivity index (χ1n) is 5.88. The molecule has 5 nitrogen and oxygen atoms in total. The summed E-state index contributed by atoms with van der Waals surface area (Å²) in [7, 11) is 1.63. The number of carbonyl (C=O) groups excluding carboxylic acids is 1. The first-order valence-corrected chi connectivity index (χ1v) is 7.05. The Bertz CT molecular complexity index is 615. The van der Waals surface area contributed by atoms with Crippen molar-refractivity contribution in [2.75, 3.05) is 19.0 Å². The van der Waals surface area contributed by atoms with E-state index in [0.717, 1.165) is 0 Å². The minimum absolute atomic E-state index is 0.275. The molecule has 0 saturated heterocycles. The fourth-order valence-electron chi connectivity index (χ4n) is 1.61. The Kier molecular flexibility index (Phi) is 5.17. The van der Waals surface area contributed by atoms with Gasteiger partial charge in [0.25, 0.3) is 5.91 Å². The summed E-state index contributed by atoms with van der Waals surface area (Å²) in [6.45, 7) is 1.19. The van der Waals surface area contributed by atoms with Crippen LogP contribution < -0.4 is 5.32 Å². The third-order valence-corrected chi connectivity index (χ3v) is 3.91. The molecule has 0 bridgehead atoms. The molecule has 1 aromatic heterocycles. The maximum absolute atomic E-state index is 12.1. The Morgan fingerprint density at radius 3 is 3.10 bits per heavy atom. The molecule has 0 radical (unpaired) electrons. The minimum atomic E-state index is -0.275. The van der Waals surface area contributed by atoms with E-state index in [2.05, 4.69) is 26.3 Å². The number of aromatic nitrogens is 2. The highest BCUT2D eigenvalue weighted by Gasteiger charge is 2.13. The van der Waals surface area contributed by atoms with Crippen molar-refractivity contribution in [1.82, 2.24) is 9.78 Å². The monoisotopic (exact) mass is 357 g/mol. The van der Waals surface area contributed by atoms with Crippen LogP contribution in [0.3, 0.4) is 0 Å². The fraction of sp³-hybridized carbons (Fsp3) is 0.231. The van der Waals surface area contributed by atoms with E-state index in [-0.39, 0.29) is 5.91 Å². The molecule has 2 rings (SSSR count). The van der Waals surface area contributed by atoms with Crippen LogP contribution in [0.4, 0.5) is 5.69 Å². The molecular formula is C13H13BrClN3O2. The fourth-order valence-corrected chi connectivity index (χ4v) is 2.19. The van der Waals surface area contributed by atoms with Gasteiger partial charge < -0.3 is 10.1 Å². The molecule has 2 aromatic rings. The molecule has 0 atom stereocenters. The highest BCUT2D eigenvalue weighted by Crippen LogP contribution is 2.26. The van der Waals surface area contributed by atoms with Crippen molar-refractivity contribution in [1.29, 1.82) is 0 Å². The normalized spacial score (nSPS) is 10.6. The molecule has 0 aliphatic heterocycles. The van der Waals surface area contributed by atoms with E-state index in [0.29, 0.717) is 33.9 Å². The molecule has 0 fully saturated rings. The van der Waals surface area contributed by atoms with Gasteiger partial charge in [0.2, 0.25) is 0 Å². The Hall–Kier alpha value is -1.37. The van der Waals surface area contributed by atoms with Crippen LogP contribution in [-0.2, 0) is 11.3 Å². The number of hydrogen-bond donors (Lipinski definition) is 1. The van der Waals surface area contributed by atoms with Crippen LogP contribution in [0.2, 0.25) is 5.02 Å². The van der Waals surface area contributed by atoms with Crippen LogP contribution in [0.5, 0.6) is 0 Å². The Morgan fingerprint density at radius 1 is 1.55 bits per heavy atom. The minimum Gasteiger partial charge on any atom is -0.383 e. The van der Waals surface area contributed by atoms with Crippen LogP contribution in [0.25, 0.3) is 0 Å². The summed E-state index contributed by atoms with van der Waals surface area (Å²) in [4.78, 5) is 12.1. The van der Waals surface area contributed by atoms with Gasteiger partial charge in [-0.25, -0.2) is 0 Å². The molecule has 106 valence electrons. The molecule has 0 saturated carbocycles. The van der Waals surface area contributed by atoms with E-state index in [9.17, 15) is 4.79 Å². The summed E-state index contributed by atoms with van der Waals surface area (Å²) in [6, 6.07) is 5.20. The number of rotatable bonds is 5. The number of anilines is 1. The molecule has 1 N–H and O–H groups in total. The zero-order chi connectivity index (χ0) is 14.5. The van der Waals surface area contributed by atoms with Gasteiger partial charge in [0.05, 0.1) is 35.6 Å². The quantitative estimate of drug-likeness (QED) is 0.893. The maximum Gasteiger partial charge on any atom is 0.257 e. The van der Waals surface area contributed by atoms with Gasteiger partial charge in [-0.05, 0) is 28.1 Å². The summed E-state index contributed by atoms with van der Waals surface area (Å²) in [5.74, 6) is -0.275. The van der Waals surface area contributed by atoms with Crippen molar-refractivity contribution in [2.45, 2.75) is 6.54 Å². The SMILES string of the molecule is COCCn1cc(NC(=O)c2cccc(Br)c2Cl)cn1. The lowest BCUT2D eigenvalue weighted by molar-refractivity contribution is 0.102. The van der Waals surface area contributed by atoms with E-state index in [4.69, 9.17) is 16.3 Å². The van der Waals surface area contributed by atoms with E-state index >= 15 is 0 Å². The van der Waals surface area contributed by atoms with Crippen LogP contribution in [0, 0.1) is 0 Å². The van der Waals surface area contributed by atoms with Gasteiger partial charge in [0.1, 0.15) is 0 Å². The Morgan fingerprint density at radius 2 is 2.35 bits per heavy atom. The number of hydrogen-bond acceptors (Lipinski definition) is 3. The van der Waals surface area contributed by atoms with Gasteiger partial charge in [0, 0.05) is 17.8 Å². The molecule has 1 aromatic carbocycles. The number of nitrogens with one attached hydrogen (secondary N) is 1. The summed E-state index contributed by atoms with van der Waals surface area (Å²) < 4.78 is 7.34. The van der Waals surface area contributed by atoms with Crippen molar-refractivity contribution >= 4 is 39.1 Å². The molecule has 0 unspecified atom stereocenters. The predicted molar refractivity (Wildman–Crippen MR) is 81.2 cm³/mol. The molecular weight excluding hydrogens is 346 g/mol. The molecule has 1 heterocycles. The molecule has 0 aliphatic rings. The van der Waals surface area contributed by atoms with Crippen molar-refractivity contribution in [3.05, 3.63) is 45.7 Å². The number of benzene rings is 1. The van der Waals surface area contributed by atoms with Gasteiger partial charge in [-0.3, -0.25) is 9.48 Å². The summed E-state index contributed by atoms with van der Waals surface area (Å²) in [5.41, 5.74) is 1.02. The standard InChI is InChI=1S/C13H13BrClN3O2/c1-20-6-5-18-8-9(7-16-18)17-13(19)10-3-2-4-11(14)12(10)15/h2-4,7-8H,5-6H2,1H3,(H,17,19). The number of amides is 1. The molecule has 20 heavy (non-hydrogen) atoms. The lowest BCUT2D eigenvalue weighted by Crippen LogP contribution is -2.12. The van der Waals surface area contributed by atoms with Crippen molar-refractivity contribution < 1.29 is 9.53 Å². The average Bonchev–Trinajstić information content (AvgIpc) is 2.87. The second kappa shape index (κ2) is 6.88. The van der Waals surface area contributed by atoms with Gasteiger partial charge >= 0.3 is 0 Å². The average molecular weight is 359 g/mol. The van der Waals surface area contributed by atoms with E-state index in [1.54, 1.807) is 42.4 Å². The van der Waals surface area contributed by atoms with Crippen LogP contribution in [0.1, 0.15) is 10.4 Å². The number of methoxy groups -OCH3 is 1. The summed E-state index contributed by atoms with van der Waals surface area (Å²) in [6.07, 6.45) is 3.32. The highest BCUT2D eigenvalue weighted by atomic mass is 79.9. The summed E-state index contributed by atoms with van der Waals surface area (Å²) >= 11 is 9.37. The zero-order valence-corrected chi connectivity index (χ0v) is 13.1. The third-order valence-electron chi connectivity index (χ3n) is 2.61. The molecule has 1 amide bonds. The zero-order valence-electron chi connectivity index (χ0n) is 10.8. The van der Waals surface area contributed by atoms with E-state index < -0.39 is 0 Å².